The maximum atomic E-state index is 13.6. The first-order valence-electron chi connectivity index (χ1n) is 9.19. The molecule has 7 heteroatoms. The number of amides is 2. The third-order valence-electron chi connectivity index (χ3n) is 4.45. The molecule has 2 aromatic rings. The van der Waals surface area contributed by atoms with Gasteiger partial charge in [0.25, 0.3) is 5.91 Å². The zero-order valence-corrected chi connectivity index (χ0v) is 16.4. The maximum absolute atomic E-state index is 13.6. The molecule has 0 saturated carbocycles. The fourth-order valence-corrected chi connectivity index (χ4v) is 2.94. The number of hydrogen-bond acceptors (Lipinski definition) is 4. The van der Waals surface area contributed by atoms with E-state index in [1.165, 1.54) is 12.1 Å². The minimum atomic E-state index is -0.695. The highest BCUT2D eigenvalue weighted by atomic mass is 19.1. The molecule has 1 aliphatic heterocycles. The molecule has 0 unspecified atom stereocenters. The van der Waals surface area contributed by atoms with Crippen molar-refractivity contribution < 1.29 is 23.5 Å². The summed E-state index contributed by atoms with van der Waals surface area (Å²) in [6.45, 7) is 7.57. The van der Waals surface area contributed by atoms with E-state index < -0.39 is 17.1 Å². The van der Waals surface area contributed by atoms with Crippen molar-refractivity contribution in [2.45, 2.75) is 13.8 Å². The lowest BCUT2D eigenvalue weighted by Crippen LogP contribution is -2.42. The molecule has 1 aliphatic rings. The molecule has 152 valence electrons. The number of nitrogens with zero attached hydrogens (tertiary/aromatic N) is 1. The van der Waals surface area contributed by atoms with Crippen LogP contribution in [-0.4, -0.2) is 31.6 Å². The van der Waals surface area contributed by atoms with Crippen LogP contribution in [0.5, 0.6) is 11.5 Å². The second-order valence-electron chi connectivity index (χ2n) is 7.33. The van der Waals surface area contributed by atoms with Crippen molar-refractivity contribution >= 4 is 23.2 Å². The Labute approximate surface area is 168 Å². The molecule has 2 amide bonds. The molecular formula is C22H23FN2O4. The van der Waals surface area contributed by atoms with Gasteiger partial charge in [0.1, 0.15) is 12.4 Å². The number of para-hydroxylation sites is 1. The monoisotopic (exact) mass is 398 g/mol. The van der Waals surface area contributed by atoms with E-state index in [-0.39, 0.29) is 24.9 Å². The highest BCUT2D eigenvalue weighted by Crippen LogP contribution is 2.38. The minimum Gasteiger partial charge on any atom is -0.490 e. The van der Waals surface area contributed by atoms with E-state index in [1.54, 1.807) is 41.3 Å². The molecule has 29 heavy (non-hydrogen) atoms. The molecule has 6 nitrogen and oxygen atoms in total. The number of hydrogen-bond donors (Lipinski definition) is 1. The topological polar surface area (TPSA) is 67.9 Å². The molecule has 0 bridgehead atoms. The number of anilines is 2. The van der Waals surface area contributed by atoms with Gasteiger partial charge in [0.2, 0.25) is 5.91 Å². The van der Waals surface area contributed by atoms with E-state index in [0.29, 0.717) is 23.7 Å². The standard InChI is InChI=1S/C22H23FN2O4/c1-4-11-25-17-10-9-15(12-19(17)29-14-22(2,3)21(25)27)24-20(26)13-28-18-8-6-5-7-16(18)23/h4-10,12H,1,11,13-14H2,2-3H3,(H,24,26). The number of benzene rings is 2. The molecule has 0 radical (unpaired) electrons. The molecular weight excluding hydrogens is 375 g/mol. The summed E-state index contributed by atoms with van der Waals surface area (Å²) < 4.78 is 24.6. The first kappa shape index (κ1) is 20.4. The lowest BCUT2D eigenvalue weighted by atomic mass is 9.93. The summed E-state index contributed by atoms with van der Waals surface area (Å²) in [6.07, 6.45) is 1.65. The maximum Gasteiger partial charge on any atom is 0.262 e. The summed E-state index contributed by atoms with van der Waals surface area (Å²) in [6, 6.07) is 10.9. The number of carbonyl (C=O) groups excluding carboxylic acids is 2. The molecule has 0 aliphatic carbocycles. The van der Waals surface area contributed by atoms with Gasteiger partial charge in [0.05, 0.1) is 11.1 Å². The Morgan fingerprint density at radius 3 is 2.83 bits per heavy atom. The summed E-state index contributed by atoms with van der Waals surface area (Å²) in [5.74, 6) is -0.548. The molecule has 1 heterocycles. The van der Waals surface area contributed by atoms with Gasteiger partial charge in [0, 0.05) is 18.3 Å². The van der Waals surface area contributed by atoms with Crippen LogP contribution in [0.25, 0.3) is 0 Å². The second-order valence-corrected chi connectivity index (χ2v) is 7.33. The number of ether oxygens (including phenoxy) is 2. The van der Waals surface area contributed by atoms with Crippen molar-refractivity contribution in [1.29, 1.82) is 0 Å². The summed E-state index contributed by atoms with van der Waals surface area (Å²) >= 11 is 0. The van der Waals surface area contributed by atoms with Crippen molar-refractivity contribution in [2.75, 3.05) is 30.0 Å². The molecule has 0 saturated heterocycles. The van der Waals surface area contributed by atoms with Crippen LogP contribution in [0.1, 0.15) is 13.8 Å². The number of fused-ring (bicyclic) bond motifs is 1. The molecule has 0 fully saturated rings. The summed E-state index contributed by atoms with van der Waals surface area (Å²) in [4.78, 5) is 26.6. The molecule has 0 aromatic heterocycles. The average Bonchev–Trinajstić information content (AvgIpc) is 2.78. The van der Waals surface area contributed by atoms with E-state index in [2.05, 4.69) is 11.9 Å². The van der Waals surface area contributed by atoms with E-state index >= 15 is 0 Å². The summed E-state index contributed by atoms with van der Waals surface area (Å²) in [5, 5.41) is 2.69. The van der Waals surface area contributed by atoms with E-state index in [9.17, 15) is 14.0 Å². The first-order chi connectivity index (χ1) is 13.8. The van der Waals surface area contributed by atoms with Gasteiger partial charge >= 0.3 is 0 Å². The fourth-order valence-electron chi connectivity index (χ4n) is 2.94. The lowest BCUT2D eigenvalue weighted by Gasteiger charge is -2.27. The predicted molar refractivity (Wildman–Crippen MR) is 109 cm³/mol. The predicted octanol–water partition coefficient (Wildman–Crippen LogP) is 3.78. The Hall–Kier alpha value is -3.35. The molecule has 0 spiro atoms. The lowest BCUT2D eigenvalue weighted by molar-refractivity contribution is -0.127. The Balaban J connectivity index is 1.74. The van der Waals surface area contributed by atoms with Gasteiger partial charge < -0.3 is 19.7 Å². The van der Waals surface area contributed by atoms with Gasteiger partial charge in [-0.15, -0.1) is 6.58 Å². The van der Waals surface area contributed by atoms with Crippen LogP contribution in [-0.2, 0) is 9.59 Å². The number of rotatable bonds is 6. The highest BCUT2D eigenvalue weighted by Gasteiger charge is 2.37. The van der Waals surface area contributed by atoms with Gasteiger partial charge in [0.15, 0.2) is 18.2 Å². The van der Waals surface area contributed by atoms with Crippen LogP contribution in [0.3, 0.4) is 0 Å². The van der Waals surface area contributed by atoms with Crippen LogP contribution in [0.15, 0.2) is 55.1 Å². The van der Waals surface area contributed by atoms with Gasteiger partial charge in [-0.2, -0.15) is 0 Å². The van der Waals surface area contributed by atoms with E-state index in [0.717, 1.165) is 0 Å². The second kappa shape index (κ2) is 8.34. The zero-order chi connectivity index (χ0) is 21.0. The SMILES string of the molecule is C=CCN1C(=O)C(C)(C)COc2cc(NC(=O)COc3ccccc3F)ccc21. The van der Waals surface area contributed by atoms with E-state index in [1.807, 2.05) is 13.8 Å². The van der Waals surface area contributed by atoms with Crippen molar-refractivity contribution in [3.05, 3.63) is 60.9 Å². The molecule has 3 rings (SSSR count). The third-order valence-corrected chi connectivity index (χ3v) is 4.45. The van der Waals surface area contributed by atoms with Gasteiger partial charge in [-0.05, 0) is 38.1 Å². The first-order valence-corrected chi connectivity index (χ1v) is 9.19. The average molecular weight is 398 g/mol. The zero-order valence-electron chi connectivity index (χ0n) is 16.4. The number of nitrogens with one attached hydrogen (secondary N) is 1. The molecule has 0 atom stereocenters. The van der Waals surface area contributed by atoms with Crippen molar-refractivity contribution in [1.82, 2.24) is 0 Å². The van der Waals surface area contributed by atoms with Crippen LogP contribution in [0.2, 0.25) is 0 Å². The quantitative estimate of drug-likeness (QED) is 0.752. The largest absolute Gasteiger partial charge is 0.490 e. The Bertz CT molecular complexity index is 942. The van der Waals surface area contributed by atoms with Gasteiger partial charge in [-0.25, -0.2) is 4.39 Å². The number of halogens is 1. The Morgan fingerprint density at radius 2 is 2.10 bits per heavy atom. The van der Waals surface area contributed by atoms with Gasteiger partial charge in [-0.1, -0.05) is 18.2 Å². The minimum absolute atomic E-state index is 0.00808. The fraction of sp³-hybridized carbons (Fsp3) is 0.273. The van der Waals surface area contributed by atoms with Crippen molar-refractivity contribution in [2.24, 2.45) is 5.41 Å². The van der Waals surface area contributed by atoms with Gasteiger partial charge in [-0.3, -0.25) is 9.59 Å². The summed E-state index contributed by atoms with van der Waals surface area (Å²) in [7, 11) is 0. The van der Waals surface area contributed by atoms with Crippen LogP contribution in [0.4, 0.5) is 15.8 Å². The normalized spacial score (nSPS) is 15.0. The van der Waals surface area contributed by atoms with Crippen LogP contribution < -0.4 is 19.7 Å². The Morgan fingerprint density at radius 1 is 1.34 bits per heavy atom. The molecule has 1 N–H and O–H groups in total. The van der Waals surface area contributed by atoms with E-state index in [4.69, 9.17) is 9.47 Å². The van der Waals surface area contributed by atoms with Crippen LogP contribution in [0, 0.1) is 11.2 Å². The smallest absolute Gasteiger partial charge is 0.262 e. The highest BCUT2D eigenvalue weighted by molar-refractivity contribution is 6.00. The van der Waals surface area contributed by atoms with Crippen LogP contribution >= 0.6 is 0 Å². The third kappa shape index (κ3) is 4.56. The number of carbonyl (C=O) groups is 2. The van der Waals surface area contributed by atoms with Crippen molar-refractivity contribution in [3.8, 4) is 11.5 Å². The summed E-state index contributed by atoms with van der Waals surface area (Å²) in [5.41, 5.74) is 0.400. The Kier molecular flexibility index (Phi) is 5.87. The van der Waals surface area contributed by atoms with Crippen molar-refractivity contribution in [3.63, 3.8) is 0 Å². The molecule has 2 aromatic carbocycles.